The van der Waals surface area contributed by atoms with Crippen LogP contribution in [0.1, 0.15) is 11.1 Å². The van der Waals surface area contributed by atoms with Crippen LogP contribution in [0.3, 0.4) is 0 Å². The van der Waals surface area contributed by atoms with Gasteiger partial charge in [-0.1, -0.05) is 23.4 Å². The molecule has 1 aromatic carbocycles. The maximum absolute atomic E-state index is 8.61. The minimum atomic E-state index is 0.285. The number of nitrogens with two attached hydrogens (primary N) is 1. The summed E-state index contributed by atoms with van der Waals surface area (Å²) >= 11 is 5.84. The zero-order valence-corrected chi connectivity index (χ0v) is 7.60. The molecule has 0 saturated heterocycles. The predicted molar refractivity (Wildman–Crippen MR) is 52.1 cm³/mol. The molecule has 0 amide bonds. The van der Waals surface area contributed by atoms with Crippen molar-refractivity contribution >= 4 is 11.6 Å². The summed E-state index contributed by atoms with van der Waals surface area (Å²) < 4.78 is 0. The molecule has 3 heteroatoms. The second-order valence-corrected chi connectivity index (χ2v) is 2.72. The third-order valence-electron chi connectivity index (χ3n) is 1.42. The standard InChI is InChI=1S/C10H7ClN2/c11-10-4-3-8(7-13)6-9(10)2-1-5-12/h3-4,6H,5,12H2. The summed E-state index contributed by atoms with van der Waals surface area (Å²) in [6, 6.07) is 6.96. The molecule has 0 radical (unpaired) electrons. The van der Waals surface area contributed by atoms with Gasteiger partial charge < -0.3 is 5.73 Å². The molecule has 0 saturated carbocycles. The van der Waals surface area contributed by atoms with Crippen LogP contribution >= 0.6 is 11.6 Å². The fourth-order valence-corrected chi connectivity index (χ4v) is 1.00. The molecule has 0 fully saturated rings. The lowest BCUT2D eigenvalue weighted by Crippen LogP contribution is -1.93. The number of hydrogen-bond acceptors (Lipinski definition) is 2. The second kappa shape index (κ2) is 4.52. The number of halogens is 1. The largest absolute Gasteiger partial charge is 0.320 e. The smallest absolute Gasteiger partial charge is 0.0992 e. The molecule has 2 N–H and O–H groups in total. The summed E-state index contributed by atoms with van der Waals surface area (Å²) in [7, 11) is 0. The van der Waals surface area contributed by atoms with E-state index < -0.39 is 0 Å². The lowest BCUT2D eigenvalue weighted by atomic mass is 10.1. The van der Waals surface area contributed by atoms with Gasteiger partial charge in [0.05, 0.1) is 23.2 Å². The highest BCUT2D eigenvalue weighted by molar-refractivity contribution is 6.31. The maximum Gasteiger partial charge on any atom is 0.0992 e. The van der Waals surface area contributed by atoms with Crippen LogP contribution in [0, 0.1) is 23.2 Å². The summed E-state index contributed by atoms with van der Waals surface area (Å²) in [4.78, 5) is 0. The van der Waals surface area contributed by atoms with Crippen LogP contribution in [0.5, 0.6) is 0 Å². The van der Waals surface area contributed by atoms with Crippen molar-refractivity contribution < 1.29 is 0 Å². The summed E-state index contributed by atoms with van der Waals surface area (Å²) in [5, 5.41) is 9.15. The molecule has 0 unspecified atom stereocenters. The van der Waals surface area contributed by atoms with Gasteiger partial charge >= 0.3 is 0 Å². The predicted octanol–water partition coefficient (Wildman–Crippen LogP) is 1.52. The van der Waals surface area contributed by atoms with E-state index in [0.717, 1.165) is 0 Å². The lowest BCUT2D eigenvalue weighted by Gasteiger charge is -1.94. The zero-order chi connectivity index (χ0) is 9.68. The van der Waals surface area contributed by atoms with Crippen LogP contribution in [0.15, 0.2) is 18.2 Å². The van der Waals surface area contributed by atoms with Crippen molar-refractivity contribution in [3.8, 4) is 17.9 Å². The van der Waals surface area contributed by atoms with Crippen LogP contribution < -0.4 is 5.73 Å². The molecule has 0 bridgehead atoms. The highest BCUT2D eigenvalue weighted by Gasteiger charge is 1.97. The highest BCUT2D eigenvalue weighted by Crippen LogP contribution is 2.15. The van der Waals surface area contributed by atoms with Crippen molar-refractivity contribution in [3.63, 3.8) is 0 Å². The van der Waals surface area contributed by atoms with E-state index in [4.69, 9.17) is 22.6 Å². The average Bonchev–Trinajstić information content (AvgIpc) is 2.17. The first-order valence-electron chi connectivity index (χ1n) is 3.66. The topological polar surface area (TPSA) is 49.8 Å². The molecule has 1 aromatic rings. The molecular formula is C10H7ClN2. The van der Waals surface area contributed by atoms with E-state index in [-0.39, 0.29) is 6.54 Å². The molecule has 0 aliphatic carbocycles. The number of rotatable bonds is 0. The van der Waals surface area contributed by atoms with Crippen molar-refractivity contribution in [2.75, 3.05) is 6.54 Å². The third kappa shape index (κ3) is 2.49. The van der Waals surface area contributed by atoms with Gasteiger partial charge in [-0.2, -0.15) is 5.26 Å². The van der Waals surface area contributed by atoms with Gasteiger partial charge in [-0.25, -0.2) is 0 Å². The normalized spacial score (nSPS) is 8.38. The van der Waals surface area contributed by atoms with Crippen LogP contribution in [0.25, 0.3) is 0 Å². The molecule has 0 spiro atoms. The lowest BCUT2D eigenvalue weighted by molar-refractivity contribution is 1.30. The van der Waals surface area contributed by atoms with Gasteiger partial charge in [0.15, 0.2) is 0 Å². The van der Waals surface area contributed by atoms with E-state index in [9.17, 15) is 0 Å². The molecule has 0 aliphatic heterocycles. The fraction of sp³-hybridized carbons (Fsp3) is 0.100. The second-order valence-electron chi connectivity index (χ2n) is 2.31. The van der Waals surface area contributed by atoms with Crippen LogP contribution in [-0.2, 0) is 0 Å². The SMILES string of the molecule is N#Cc1ccc(Cl)c(C#CCN)c1. The van der Waals surface area contributed by atoms with E-state index in [0.29, 0.717) is 16.1 Å². The Balaban J connectivity index is 3.13. The minimum Gasteiger partial charge on any atom is -0.320 e. The first kappa shape index (κ1) is 9.61. The Morgan fingerprint density at radius 1 is 1.46 bits per heavy atom. The molecule has 0 aliphatic rings. The molecule has 0 heterocycles. The van der Waals surface area contributed by atoms with Crippen molar-refractivity contribution in [2.24, 2.45) is 5.73 Å². The monoisotopic (exact) mass is 190 g/mol. The minimum absolute atomic E-state index is 0.285. The van der Waals surface area contributed by atoms with Gasteiger partial charge in [0.25, 0.3) is 0 Å². The number of benzene rings is 1. The van der Waals surface area contributed by atoms with E-state index in [2.05, 4.69) is 11.8 Å². The first-order chi connectivity index (χ1) is 6.27. The zero-order valence-electron chi connectivity index (χ0n) is 6.84. The van der Waals surface area contributed by atoms with Crippen LogP contribution in [0.4, 0.5) is 0 Å². The Morgan fingerprint density at radius 2 is 2.23 bits per heavy atom. The van der Waals surface area contributed by atoms with Crippen molar-refractivity contribution in [1.82, 2.24) is 0 Å². The van der Waals surface area contributed by atoms with Crippen LogP contribution in [0.2, 0.25) is 5.02 Å². The molecule has 13 heavy (non-hydrogen) atoms. The Bertz CT molecular complexity index is 407. The maximum atomic E-state index is 8.61. The van der Waals surface area contributed by atoms with Gasteiger partial charge in [0, 0.05) is 5.56 Å². The summed E-state index contributed by atoms with van der Waals surface area (Å²) in [6.45, 7) is 0.285. The molecule has 2 nitrogen and oxygen atoms in total. The van der Waals surface area contributed by atoms with Crippen LogP contribution in [-0.4, -0.2) is 6.54 Å². The molecule has 1 rings (SSSR count). The van der Waals surface area contributed by atoms with E-state index >= 15 is 0 Å². The van der Waals surface area contributed by atoms with Crippen molar-refractivity contribution in [1.29, 1.82) is 5.26 Å². The van der Waals surface area contributed by atoms with Gasteiger partial charge in [-0.3, -0.25) is 0 Å². The Kier molecular flexibility index (Phi) is 3.34. The Labute approximate surface area is 81.9 Å². The molecule has 0 atom stereocenters. The van der Waals surface area contributed by atoms with Gasteiger partial charge in [0.2, 0.25) is 0 Å². The number of hydrogen-bond donors (Lipinski definition) is 1. The van der Waals surface area contributed by atoms with Gasteiger partial charge in [-0.05, 0) is 18.2 Å². The number of nitriles is 1. The molecule has 0 aromatic heterocycles. The third-order valence-corrected chi connectivity index (χ3v) is 1.75. The van der Waals surface area contributed by atoms with Gasteiger partial charge in [0.1, 0.15) is 0 Å². The quantitative estimate of drug-likeness (QED) is 0.631. The fourth-order valence-electron chi connectivity index (χ4n) is 0.837. The van der Waals surface area contributed by atoms with E-state index in [1.807, 2.05) is 6.07 Å². The van der Waals surface area contributed by atoms with Crippen molar-refractivity contribution in [2.45, 2.75) is 0 Å². The first-order valence-corrected chi connectivity index (χ1v) is 4.04. The summed E-state index contributed by atoms with van der Waals surface area (Å²) in [5.74, 6) is 5.47. The summed E-state index contributed by atoms with van der Waals surface area (Å²) in [5.41, 5.74) is 6.41. The van der Waals surface area contributed by atoms with Gasteiger partial charge in [-0.15, -0.1) is 0 Å². The average molecular weight is 191 g/mol. The summed E-state index contributed by atoms with van der Waals surface area (Å²) in [6.07, 6.45) is 0. The Hall–Kier alpha value is -1.48. The molecular weight excluding hydrogens is 184 g/mol. The van der Waals surface area contributed by atoms with E-state index in [1.165, 1.54) is 0 Å². The molecule has 64 valence electrons. The highest BCUT2D eigenvalue weighted by atomic mass is 35.5. The Morgan fingerprint density at radius 3 is 2.85 bits per heavy atom. The van der Waals surface area contributed by atoms with Crippen molar-refractivity contribution in [3.05, 3.63) is 34.3 Å². The van der Waals surface area contributed by atoms with E-state index in [1.54, 1.807) is 18.2 Å². The number of nitrogens with zero attached hydrogens (tertiary/aromatic N) is 1.